The molecule has 0 aromatic heterocycles. The summed E-state index contributed by atoms with van der Waals surface area (Å²) >= 11 is 0. The Labute approximate surface area is 148 Å². The number of benzene rings is 1. The summed E-state index contributed by atoms with van der Waals surface area (Å²) in [6.45, 7) is 3.94. The zero-order chi connectivity index (χ0) is 18.2. The molecule has 3 atom stereocenters. The third kappa shape index (κ3) is 5.18. The van der Waals surface area contributed by atoms with Crippen molar-refractivity contribution in [1.82, 2.24) is 0 Å². The molecule has 0 saturated carbocycles. The Hall–Kier alpha value is -2.11. The van der Waals surface area contributed by atoms with Crippen molar-refractivity contribution in [3.05, 3.63) is 54.1 Å². The molecule has 0 fully saturated rings. The number of hydrogen-bond acceptors (Lipinski definition) is 4. The summed E-state index contributed by atoms with van der Waals surface area (Å²) in [5, 5.41) is 20.2. The minimum atomic E-state index is -1.17. The Bertz CT molecular complexity index is 605. The molecule has 0 radical (unpaired) electrons. The lowest BCUT2D eigenvalue weighted by atomic mass is 9.84. The third-order valence-corrected chi connectivity index (χ3v) is 4.50. The van der Waals surface area contributed by atoms with Crippen LogP contribution in [0.4, 0.5) is 0 Å². The second kappa shape index (κ2) is 9.39. The number of ether oxygens (including phenoxy) is 2. The molecule has 5 nitrogen and oxygen atoms in total. The van der Waals surface area contributed by atoms with Crippen molar-refractivity contribution in [1.29, 1.82) is 0 Å². The maximum atomic E-state index is 11.7. The summed E-state index contributed by atoms with van der Waals surface area (Å²) in [6.07, 6.45) is 5.05. The van der Waals surface area contributed by atoms with E-state index in [0.29, 0.717) is 6.42 Å². The van der Waals surface area contributed by atoms with Gasteiger partial charge in [0.05, 0.1) is 13.7 Å². The van der Waals surface area contributed by atoms with Crippen molar-refractivity contribution in [3.63, 3.8) is 0 Å². The molecule has 136 valence electrons. The number of rotatable bonds is 9. The molecule has 5 heteroatoms. The van der Waals surface area contributed by atoms with Crippen LogP contribution in [0, 0.1) is 5.92 Å². The maximum absolute atomic E-state index is 11.7. The molecule has 2 N–H and O–H groups in total. The first kappa shape index (κ1) is 19.2. The van der Waals surface area contributed by atoms with Crippen LogP contribution in [0.2, 0.25) is 0 Å². The van der Waals surface area contributed by atoms with E-state index in [0.717, 1.165) is 36.1 Å². The normalized spacial score (nSPS) is 17.9. The standard InChI is InChI=1S/C20H26O5/c1-3-17(25-13-14-9-11-16(24-2)12-10-14)19(21)18(20(22)23)15-7-5-4-6-8-15/h3,7,9-12,17-19,21H,1,4-6,8,13H2,2H3,(H,22,23)/t17-,18+,19-/m1/s1. The summed E-state index contributed by atoms with van der Waals surface area (Å²) in [7, 11) is 1.60. The Kier molecular flexibility index (Phi) is 7.22. The van der Waals surface area contributed by atoms with E-state index in [4.69, 9.17) is 9.47 Å². The van der Waals surface area contributed by atoms with Crippen molar-refractivity contribution in [2.45, 2.75) is 44.5 Å². The predicted octanol–water partition coefficient (Wildman–Crippen LogP) is 3.33. The molecule has 25 heavy (non-hydrogen) atoms. The summed E-state index contributed by atoms with van der Waals surface area (Å²) < 4.78 is 10.8. The highest BCUT2D eigenvalue weighted by molar-refractivity contribution is 5.74. The van der Waals surface area contributed by atoms with Gasteiger partial charge in [-0.25, -0.2) is 0 Å². The average Bonchev–Trinajstić information content (AvgIpc) is 2.63. The molecule has 0 spiro atoms. The van der Waals surface area contributed by atoms with Gasteiger partial charge < -0.3 is 19.7 Å². The molecule has 1 aromatic carbocycles. The van der Waals surface area contributed by atoms with Gasteiger partial charge >= 0.3 is 5.97 Å². The topological polar surface area (TPSA) is 76.0 Å². The van der Waals surface area contributed by atoms with Gasteiger partial charge in [-0.15, -0.1) is 6.58 Å². The fourth-order valence-electron chi connectivity index (χ4n) is 3.08. The number of carboxylic acid groups (broad SMARTS) is 1. The summed E-state index contributed by atoms with van der Waals surface area (Å²) in [6, 6.07) is 7.38. The maximum Gasteiger partial charge on any atom is 0.313 e. The molecule has 0 amide bonds. The predicted molar refractivity (Wildman–Crippen MR) is 95.5 cm³/mol. The number of methoxy groups -OCH3 is 1. The summed E-state index contributed by atoms with van der Waals surface area (Å²) in [4.78, 5) is 11.7. The second-order valence-electron chi connectivity index (χ2n) is 6.19. The SMILES string of the molecule is C=C[C@@H](OCc1ccc(OC)cc1)[C@@H](O)[C@@H](C(=O)O)C1=CCCCC1. The summed E-state index contributed by atoms with van der Waals surface area (Å²) in [5.41, 5.74) is 1.69. The minimum Gasteiger partial charge on any atom is -0.497 e. The van der Waals surface area contributed by atoms with Crippen LogP contribution in [0.15, 0.2) is 48.6 Å². The quantitative estimate of drug-likeness (QED) is 0.671. The molecular formula is C20H26O5. The van der Waals surface area contributed by atoms with Crippen LogP contribution in [-0.2, 0) is 16.1 Å². The molecule has 0 unspecified atom stereocenters. The van der Waals surface area contributed by atoms with E-state index < -0.39 is 24.1 Å². The molecule has 1 aliphatic carbocycles. The average molecular weight is 346 g/mol. The van der Waals surface area contributed by atoms with Crippen LogP contribution in [0.3, 0.4) is 0 Å². The van der Waals surface area contributed by atoms with E-state index in [1.54, 1.807) is 7.11 Å². The van der Waals surface area contributed by atoms with Gasteiger partial charge in [0.2, 0.25) is 0 Å². The van der Waals surface area contributed by atoms with Gasteiger partial charge in [-0.1, -0.05) is 29.9 Å². The molecule has 0 aliphatic heterocycles. The molecular weight excluding hydrogens is 320 g/mol. The largest absolute Gasteiger partial charge is 0.497 e. The van der Waals surface area contributed by atoms with E-state index in [1.807, 2.05) is 30.3 Å². The zero-order valence-corrected chi connectivity index (χ0v) is 14.6. The highest BCUT2D eigenvalue weighted by atomic mass is 16.5. The third-order valence-electron chi connectivity index (χ3n) is 4.50. The van der Waals surface area contributed by atoms with E-state index in [-0.39, 0.29) is 6.61 Å². The van der Waals surface area contributed by atoms with Crippen molar-refractivity contribution in [2.24, 2.45) is 5.92 Å². The van der Waals surface area contributed by atoms with Crippen molar-refractivity contribution < 1.29 is 24.5 Å². The fraction of sp³-hybridized carbons (Fsp3) is 0.450. The van der Waals surface area contributed by atoms with Crippen LogP contribution in [-0.4, -0.2) is 35.5 Å². The van der Waals surface area contributed by atoms with Crippen LogP contribution in [0.1, 0.15) is 31.2 Å². The molecule has 1 aliphatic rings. The number of allylic oxidation sites excluding steroid dienone is 1. The Balaban J connectivity index is 2.04. The van der Waals surface area contributed by atoms with Crippen LogP contribution < -0.4 is 4.74 Å². The van der Waals surface area contributed by atoms with Gasteiger partial charge in [-0.05, 0) is 43.4 Å². The lowest BCUT2D eigenvalue weighted by Gasteiger charge is -2.28. The van der Waals surface area contributed by atoms with Gasteiger partial charge in [-0.3, -0.25) is 4.79 Å². The van der Waals surface area contributed by atoms with Crippen LogP contribution >= 0.6 is 0 Å². The van der Waals surface area contributed by atoms with Crippen molar-refractivity contribution in [2.75, 3.05) is 7.11 Å². The second-order valence-corrected chi connectivity index (χ2v) is 6.19. The smallest absolute Gasteiger partial charge is 0.313 e. The first-order valence-electron chi connectivity index (χ1n) is 8.53. The monoisotopic (exact) mass is 346 g/mol. The molecule has 0 bridgehead atoms. The van der Waals surface area contributed by atoms with E-state index in [1.165, 1.54) is 6.08 Å². The van der Waals surface area contributed by atoms with Gasteiger partial charge in [-0.2, -0.15) is 0 Å². The molecule has 0 saturated heterocycles. The number of aliphatic hydroxyl groups is 1. The number of carboxylic acids is 1. The highest BCUT2D eigenvalue weighted by Gasteiger charge is 2.35. The molecule has 0 heterocycles. The highest BCUT2D eigenvalue weighted by Crippen LogP contribution is 2.29. The van der Waals surface area contributed by atoms with Crippen LogP contribution in [0.25, 0.3) is 0 Å². The Morgan fingerprint density at radius 1 is 1.32 bits per heavy atom. The van der Waals surface area contributed by atoms with Crippen LogP contribution in [0.5, 0.6) is 5.75 Å². The number of hydrogen-bond donors (Lipinski definition) is 2. The lowest BCUT2D eigenvalue weighted by molar-refractivity contribution is -0.147. The first-order valence-corrected chi connectivity index (χ1v) is 8.53. The molecule has 1 aromatic rings. The lowest BCUT2D eigenvalue weighted by Crippen LogP contribution is -2.39. The van der Waals surface area contributed by atoms with E-state index >= 15 is 0 Å². The van der Waals surface area contributed by atoms with Crippen molar-refractivity contribution in [3.8, 4) is 5.75 Å². The van der Waals surface area contributed by atoms with Gasteiger partial charge in [0.25, 0.3) is 0 Å². The van der Waals surface area contributed by atoms with Gasteiger partial charge in [0.15, 0.2) is 0 Å². The van der Waals surface area contributed by atoms with E-state index in [9.17, 15) is 15.0 Å². The molecule has 2 rings (SSSR count). The summed E-state index contributed by atoms with van der Waals surface area (Å²) in [5.74, 6) is -1.24. The van der Waals surface area contributed by atoms with Crippen molar-refractivity contribution >= 4 is 5.97 Å². The number of aliphatic carboxylic acids is 1. The number of carbonyl (C=O) groups is 1. The van der Waals surface area contributed by atoms with Gasteiger partial charge in [0.1, 0.15) is 23.9 Å². The van der Waals surface area contributed by atoms with E-state index in [2.05, 4.69) is 6.58 Å². The number of aliphatic hydroxyl groups excluding tert-OH is 1. The minimum absolute atomic E-state index is 0.253. The first-order chi connectivity index (χ1) is 12.1. The Morgan fingerprint density at radius 3 is 2.56 bits per heavy atom. The zero-order valence-electron chi connectivity index (χ0n) is 14.6. The fourth-order valence-corrected chi connectivity index (χ4v) is 3.08. The van der Waals surface area contributed by atoms with Gasteiger partial charge in [0, 0.05) is 0 Å². The Morgan fingerprint density at radius 2 is 2.04 bits per heavy atom.